The molecule has 4 nitrogen and oxygen atoms in total. The first-order valence-electron chi connectivity index (χ1n) is 6.31. The highest BCUT2D eigenvalue weighted by atomic mass is 79.9. The third-order valence-electron chi connectivity index (χ3n) is 3.60. The van der Waals surface area contributed by atoms with Gasteiger partial charge in [0.15, 0.2) is 0 Å². The zero-order chi connectivity index (χ0) is 14.0. The molecule has 0 saturated carbocycles. The summed E-state index contributed by atoms with van der Waals surface area (Å²) >= 11 is 3.51. The van der Waals surface area contributed by atoms with Crippen molar-refractivity contribution in [1.82, 2.24) is 10.1 Å². The fourth-order valence-electron chi connectivity index (χ4n) is 1.70. The van der Waals surface area contributed by atoms with Gasteiger partial charge in [-0.05, 0) is 31.9 Å². The van der Waals surface area contributed by atoms with Crippen LogP contribution in [0.4, 0.5) is 0 Å². The quantitative estimate of drug-likeness (QED) is 0.936. The van der Waals surface area contributed by atoms with Gasteiger partial charge in [-0.25, -0.2) is 0 Å². The number of hydrogen-bond acceptors (Lipinski definition) is 4. The van der Waals surface area contributed by atoms with E-state index in [2.05, 4.69) is 33.0 Å². The van der Waals surface area contributed by atoms with Crippen LogP contribution >= 0.6 is 15.9 Å². The van der Waals surface area contributed by atoms with Crippen molar-refractivity contribution in [3.8, 4) is 11.4 Å². The van der Waals surface area contributed by atoms with Crippen molar-refractivity contribution in [2.45, 2.75) is 32.6 Å². The van der Waals surface area contributed by atoms with E-state index in [9.17, 15) is 0 Å². The molecule has 2 rings (SSSR count). The van der Waals surface area contributed by atoms with Gasteiger partial charge in [-0.3, -0.25) is 0 Å². The van der Waals surface area contributed by atoms with Crippen LogP contribution in [0.15, 0.2) is 27.2 Å². The second-order valence-electron chi connectivity index (χ2n) is 5.01. The van der Waals surface area contributed by atoms with E-state index in [1.165, 1.54) is 5.56 Å². The Labute approximate surface area is 121 Å². The Morgan fingerprint density at radius 3 is 2.74 bits per heavy atom. The molecule has 5 heteroatoms. The van der Waals surface area contributed by atoms with Crippen LogP contribution < -0.4 is 5.73 Å². The fourth-order valence-corrected chi connectivity index (χ4v) is 2.08. The van der Waals surface area contributed by atoms with Crippen molar-refractivity contribution in [3.05, 3.63) is 34.1 Å². The Hall–Kier alpha value is -1.20. The third kappa shape index (κ3) is 2.72. The maximum atomic E-state index is 5.81. The second-order valence-corrected chi connectivity index (χ2v) is 5.86. The summed E-state index contributed by atoms with van der Waals surface area (Å²) in [5.74, 6) is 1.20. The maximum Gasteiger partial charge on any atom is 0.234 e. The lowest BCUT2D eigenvalue weighted by atomic mass is 9.88. The van der Waals surface area contributed by atoms with Crippen LogP contribution in [-0.2, 0) is 5.41 Å². The highest BCUT2D eigenvalue weighted by Crippen LogP contribution is 2.28. The van der Waals surface area contributed by atoms with E-state index in [0.29, 0.717) is 18.3 Å². The standard InChI is InChI=1S/C14H18BrN3O/c1-4-14(3,8-16)13-17-12(18-19-13)10-6-5-9(2)11(15)7-10/h5-7H,4,8,16H2,1-3H3. The highest BCUT2D eigenvalue weighted by molar-refractivity contribution is 9.10. The first-order valence-corrected chi connectivity index (χ1v) is 7.10. The average molecular weight is 324 g/mol. The molecule has 2 N–H and O–H groups in total. The molecule has 0 radical (unpaired) electrons. The third-order valence-corrected chi connectivity index (χ3v) is 4.46. The number of aromatic nitrogens is 2. The average Bonchev–Trinajstić information content (AvgIpc) is 2.91. The minimum Gasteiger partial charge on any atom is -0.338 e. The predicted molar refractivity (Wildman–Crippen MR) is 78.9 cm³/mol. The first-order chi connectivity index (χ1) is 9.00. The van der Waals surface area contributed by atoms with Gasteiger partial charge in [0.05, 0.1) is 5.41 Å². The van der Waals surface area contributed by atoms with Crippen LogP contribution in [0.2, 0.25) is 0 Å². The van der Waals surface area contributed by atoms with E-state index in [1.54, 1.807) is 0 Å². The molecule has 102 valence electrons. The predicted octanol–water partition coefficient (Wildman–Crippen LogP) is 3.43. The molecule has 0 fully saturated rings. The summed E-state index contributed by atoms with van der Waals surface area (Å²) in [6, 6.07) is 6.01. The number of halogens is 1. The molecule has 2 aromatic rings. The smallest absolute Gasteiger partial charge is 0.234 e. The molecule has 19 heavy (non-hydrogen) atoms. The molecule has 0 spiro atoms. The molecule has 0 aliphatic rings. The van der Waals surface area contributed by atoms with Crippen LogP contribution in [0.3, 0.4) is 0 Å². The minimum absolute atomic E-state index is 0.257. The molecule has 0 aliphatic carbocycles. The van der Waals surface area contributed by atoms with E-state index in [1.807, 2.05) is 32.0 Å². The molecule has 1 atom stereocenters. The van der Waals surface area contributed by atoms with Gasteiger partial charge in [0.25, 0.3) is 0 Å². The van der Waals surface area contributed by atoms with Crippen molar-refractivity contribution in [2.24, 2.45) is 5.73 Å². The molecule has 0 saturated heterocycles. The lowest BCUT2D eigenvalue weighted by Gasteiger charge is -2.20. The van der Waals surface area contributed by atoms with Crippen LogP contribution in [0.5, 0.6) is 0 Å². The van der Waals surface area contributed by atoms with Crippen molar-refractivity contribution in [3.63, 3.8) is 0 Å². The summed E-state index contributed by atoms with van der Waals surface area (Å²) in [5.41, 5.74) is 7.66. The topological polar surface area (TPSA) is 64.9 Å². The molecule has 0 bridgehead atoms. The number of benzene rings is 1. The lowest BCUT2D eigenvalue weighted by Crippen LogP contribution is -2.31. The van der Waals surface area contributed by atoms with Crippen molar-refractivity contribution in [2.75, 3.05) is 6.54 Å². The van der Waals surface area contributed by atoms with Gasteiger partial charge < -0.3 is 10.3 Å². The Morgan fingerprint density at radius 2 is 2.16 bits per heavy atom. The minimum atomic E-state index is -0.257. The summed E-state index contributed by atoms with van der Waals surface area (Å²) in [5, 5.41) is 4.06. The molecular formula is C14H18BrN3O. The molecular weight excluding hydrogens is 306 g/mol. The maximum absolute atomic E-state index is 5.81. The van der Waals surface area contributed by atoms with Gasteiger partial charge in [-0.15, -0.1) is 0 Å². The van der Waals surface area contributed by atoms with Crippen molar-refractivity contribution < 1.29 is 4.52 Å². The number of hydrogen-bond donors (Lipinski definition) is 1. The summed E-state index contributed by atoms with van der Waals surface area (Å²) in [6.45, 7) is 6.63. The monoisotopic (exact) mass is 323 g/mol. The Morgan fingerprint density at radius 1 is 1.42 bits per heavy atom. The Balaban J connectivity index is 2.38. The molecule has 0 aliphatic heterocycles. The Kier molecular flexibility index (Phi) is 4.06. The van der Waals surface area contributed by atoms with Crippen molar-refractivity contribution in [1.29, 1.82) is 0 Å². The van der Waals surface area contributed by atoms with Gasteiger partial charge in [0, 0.05) is 16.6 Å². The largest absolute Gasteiger partial charge is 0.338 e. The van der Waals surface area contributed by atoms with E-state index in [0.717, 1.165) is 16.5 Å². The SMILES string of the molecule is CCC(C)(CN)c1nc(-c2ccc(C)c(Br)c2)no1. The van der Waals surface area contributed by atoms with E-state index in [-0.39, 0.29) is 5.41 Å². The zero-order valence-electron chi connectivity index (χ0n) is 11.4. The van der Waals surface area contributed by atoms with Gasteiger partial charge >= 0.3 is 0 Å². The summed E-state index contributed by atoms with van der Waals surface area (Å²) in [4.78, 5) is 4.49. The number of nitrogens with zero attached hydrogens (tertiary/aromatic N) is 2. The van der Waals surface area contributed by atoms with E-state index in [4.69, 9.17) is 10.3 Å². The summed E-state index contributed by atoms with van der Waals surface area (Å²) < 4.78 is 6.42. The van der Waals surface area contributed by atoms with Crippen molar-refractivity contribution >= 4 is 15.9 Å². The fraction of sp³-hybridized carbons (Fsp3) is 0.429. The zero-order valence-corrected chi connectivity index (χ0v) is 13.0. The second kappa shape index (κ2) is 5.43. The van der Waals surface area contributed by atoms with Crippen LogP contribution in [-0.4, -0.2) is 16.7 Å². The van der Waals surface area contributed by atoms with Crippen LogP contribution in [0.25, 0.3) is 11.4 Å². The number of rotatable bonds is 4. The molecule has 1 heterocycles. The molecule has 0 amide bonds. The van der Waals surface area contributed by atoms with Gasteiger partial charge in [0.2, 0.25) is 11.7 Å². The number of nitrogens with two attached hydrogens (primary N) is 1. The Bertz CT molecular complexity index is 576. The summed E-state index contributed by atoms with van der Waals surface area (Å²) in [6.07, 6.45) is 0.864. The first kappa shape index (κ1) is 14.2. The molecule has 1 aromatic carbocycles. The van der Waals surface area contributed by atoms with E-state index >= 15 is 0 Å². The van der Waals surface area contributed by atoms with Crippen LogP contribution in [0.1, 0.15) is 31.7 Å². The van der Waals surface area contributed by atoms with E-state index < -0.39 is 0 Å². The van der Waals surface area contributed by atoms with Crippen LogP contribution in [0, 0.1) is 6.92 Å². The lowest BCUT2D eigenvalue weighted by molar-refractivity contribution is 0.291. The van der Waals surface area contributed by atoms with Gasteiger partial charge in [0.1, 0.15) is 0 Å². The molecule has 1 aromatic heterocycles. The molecule has 1 unspecified atom stereocenters. The summed E-state index contributed by atoms with van der Waals surface area (Å²) in [7, 11) is 0. The normalized spacial score (nSPS) is 14.4. The van der Waals surface area contributed by atoms with Gasteiger partial charge in [-0.2, -0.15) is 4.98 Å². The number of aryl methyl sites for hydroxylation is 1. The van der Waals surface area contributed by atoms with Gasteiger partial charge in [-0.1, -0.05) is 40.1 Å². The highest BCUT2D eigenvalue weighted by Gasteiger charge is 2.29.